The Morgan fingerprint density at radius 1 is 1.14 bits per heavy atom. The molecule has 0 atom stereocenters. The number of nitrogens with zero attached hydrogens (tertiary/aromatic N) is 3. The van der Waals surface area contributed by atoms with Crippen LogP contribution in [0, 0.1) is 6.92 Å². The zero-order valence-electron chi connectivity index (χ0n) is 11.2. The third-order valence-corrected chi connectivity index (χ3v) is 3.43. The second-order valence-electron chi connectivity index (χ2n) is 4.69. The van der Waals surface area contributed by atoms with Crippen molar-refractivity contribution in [2.24, 2.45) is 0 Å². The highest BCUT2D eigenvalue weighted by atomic mass is 19.3. The molecule has 0 aliphatic heterocycles. The van der Waals surface area contributed by atoms with Crippen molar-refractivity contribution in [1.29, 1.82) is 0 Å². The van der Waals surface area contributed by atoms with Crippen molar-refractivity contribution in [2.45, 2.75) is 13.3 Å². The molecule has 0 saturated heterocycles. The second-order valence-corrected chi connectivity index (χ2v) is 4.69. The Hall–Kier alpha value is -2.63. The summed E-state index contributed by atoms with van der Waals surface area (Å²) in [4.78, 5) is 12.2. The lowest BCUT2D eigenvalue weighted by atomic mass is 10.0. The predicted molar refractivity (Wildman–Crippen MR) is 76.9 cm³/mol. The van der Waals surface area contributed by atoms with Crippen LogP contribution in [0.3, 0.4) is 0 Å². The van der Waals surface area contributed by atoms with Crippen LogP contribution >= 0.6 is 0 Å². The van der Waals surface area contributed by atoms with Crippen LogP contribution in [-0.2, 0) is 0 Å². The molecule has 0 aromatic carbocycles. The van der Waals surface area contributed by atoms with Crippen molar-refractivity contribution in [1.82, 2.24) is 15.0 Å². The van der Waals surface area contributed by atoms with Gasteiger partial charge in [0.1, 0.15) is 5.82 Å². The molecule has 4 nitrogen and oxygen atoms in total. The van der Waals surface area contributed by atoms with Gasteiger partial charge in [0.15, 0.2) is 0 Å². The average Bonchev–Trinajstić information content (AvgIpc) is 2.47. The van der Waals surface area contributed by atoms with Gasteiger partial charge in [-0.3, -0.25) is 9.97 Å². The Balaban J connectivity index is 2.24. The van der Waals surface area contributed by atoms with Crippen molar-refractivity contribution in [2.75, 3.05) is 5.73 Å². The second kappa shape index (κ2) is 5.05. The van der Waals surface area contributed by atoms with Gasteiger partial charge in [-0.05, 0) is 30.0 Å². The number of alkyl halides is 2. The first-order valence-corrected chi connectivity index (χ1v) is 6.31. The molecule has 0 bridgehead atoms. The van der Waals surface area contributed by atoms with E-state index in [1.165, 1.54) is 12.4 Å². The Kier molecular flexibility index (Phi) is 3.21. The molecule has 3 aromatic heterocycles. The van der Waals surface area contributed by atoms with Gasteiger partial charge < -0.3 is 5.73 Å². The van der Waals surface area contributed by atoms with Gasteiger partial charge in [0.25, 0.3) is 6.43 Å². The first-order chi connectivity index (χ1) is 10.1. The van der Waals surface area contributed by atoms with Gasteiger partial charge in [0, 0.05) is 41.3 Å². The summed E-state index contributed by atoms with van der Waals surface area (Å²) >= 11 is 0. The summed E-state index contributed by atoms with van der Waals surface area (Å²) in [5.74, 6) is 0.317. The number of anilines is 1. The molecule has 0 unspecified atom stereocenters. The minimum absolute atomic E-state index is 0.0947. The van der Waals surface area contributed by atoms with Gasteiger partial charge in [-0.15, -0.1) is 0 Å². The van der Waals surface area contributed by atoms with Crippen LogP contribution in [0.1, 0.15) is 17.6 Å². The molecule has 2 N–H and O–H groups in total. The fourth-order valence-corrected chi connectivity index (χ4v) is 2.27. The molecule has 3 rings (SSSR count). The van der Waals surface area contributed by atoms with Crippen LogP contribution in [0.25, 0.3) is 22.0 Å². The molecule has 3 heterocycles. The van der Waals surface area contributed by atoms with E-state index in [4.69, 9.17) is 5.73 Å². The average molecular weight is 286 g/mol. The fourth-order valence-electron chi connectivity index (χ4n) is 2.27. The predicted octanol–water partition coefficient (Wildman–Crippen LogP) is 3.52. The lowest BCUT2D eigenvalue weighted by Crippen LogP contribution is -1.99. The Labute approximate surface area is 119 Å². The van der Waals surface area contributed by atoms with Gasteiger partial charge in [0.05, 0.1) is 5.69 Å². The summed E-state index contributed by atoms with van der Waals surface area (Å²) in [7, 11) is 0. The first kappa shape index (κ1) is 13.4. The van der Waals surface area contributed by atoms with Crippen LogP contribution in [0.15, 0.2) is 36.9 Å². The van der Waals surface area contributed by atoms with E-state index in [0.29, 0.717) is 22.6 Å². The highest BCUT2D eigenvalue weighted by Crippen LogP contribution is 2.31. The van der Waals surface area contributed by atoms with Crippen molar-refractivity contribution in [3.63, 3.8) is 0 Å². The number of pyridine rings is 3. The van der Waals surface area contributed by atoms with Crippen molar-refractivity contribution in [3.05, 3.63) is 48.0 Å². The van der Waals surface area contributed by atoms with E-state index in [1.807, 2.05) is 0 Å². The maximum absolute atomic E-state index is 13.0. The highest BCUT2D eigenvalue weighted by molar-refractivity contribution is 5.93. The van der Waals surface area contributed by atoms with Crippen LogP contribution in [0.4, 0.5) is 14.6 Å². The molecular formula is C15H12F2N4. The number of hydrogen-bond acceptors (Lipinski definition) is 4. The lowest BCUT2D eigenvalue weighted by molar-refractivity contribution is 0.150. The number of nitrogen functional groups attached to an aromatic ring is 1. The van der Waals surface area contributed by atoms with E-state index in [1.54, 1.807) is 31.5 Å². The fraction of sp³-hybridized carbons (Fsp3) is 0.133. The summed E-state index contributed by atoms with van der Waals surface area (Å²) < 4.78 is 25.9. The lowest BCUT2D eigenvalue weighted by Gasteiger charge is -2.11. The van der Waals surface area contributed by atoms with Gasteiger partial charge in [-0.25, -0.2) is 13.8 Å². The summed E-state index contributed by atoms with van der Waals surface area (Å²) in [5, 5.41) is 1.59. The Bertz CT molecular complexity index is 818. The number of hydrogen-bond donors (Lipinski definition) is 1. The van der Waals surface area contributed by atoms with Gasteiger partial charge >= 0.3 is 0 Å². The summed E-state index contributed by atoms with van der Waals surface area (Å²) in [6.07, 6.45) is 3.40. The van der Waals surface area contributed by atoms with Crippen LogP contribution < -0.4 is 5.73 Å². The largest absolute Gasteiger partial charge is 0.383 e. The number of nitrogens with two attached hydrogens (primary N) is 1. The molecule has 0 fully saturated rings. The quantitative estimate of drug-likeness (QED) is 0.782. The molecule has 6 heteroatoms. The maximum Gasteiger partial charge on any atom is 0.265 e. The SMILES string of the molecule is Cc1c(-c2cc3ccncc3c(N)n2)cncc1C(F)F. The molecule has 0 aliphatic carbocycles. The van der Waals surface area contributed by atoms with Crippen molar-refractivity contribution >= 4 is 16.6 Å². The van der Waals surface area contributed by atoms with E-state index in [-0.39, 0.29) is 5.56 Å². The van der Waals surface area contributed by atoms with E-state index in [2.05, 4.69) is 15.0 Å². The molecular weight excluding hydrogens is 274 g/mol. The van der Waals surface area contributed by atoms with Crippen molar-refractivity contribution in [3.8, 4) is 11.3 Å². The third kappa shape index (κ3) is 2.29. The van der Waals surface area contributed by atoms with Crippen LogP contribution in [0.5, 0.6) is 0 Å². The maximum atomic E-state index is 13.0. The third-order valence-electron chi connectivity index (χ3n) is 3.43. The number of rotatable bonds is 2. The first-order valence-electron chi connectivity index (χ1n) is 6.31. The van der Waals surface area contributed by atoms with E-state index in [0.717, 1.165) is 10.8 Å². The number of aromatic nitrogens is 3. The molecule has 0 saturated carbocycles. The molecule has 0 aliphatic rings. The zero-order valence-corrected chi connectivity index (χ0v) is 11.2. The topological polar surface area (TPSA) is 64.7 Å². The van der Waals surface area contributed by atoms with E-state index >= 15 is 0 Å². The summed E-state index contributed by atoms with van der Waals surface area (Å²) in [5.41, 5.74) is 7.37. The van der Waals surface area contributed by atoms with Gasteiger partial charge in [0.2, 0.25) is 0 Å². The minimum Gasteiger partial charge on any atom is -0.383 e. The molecule has 0 amide bonds. The van der Waals surface area contributed by atoms with E-state index in [9.17, 15) is 8.78 Å². The summed E-state index contributed by atoms with van der Waals surface area (Å²) in [6.45, 7) is 1.63. The zero-order chi connectivity index (χ0) is 15.0. The molecule has 106 valence electrons. The highest BCUT2D eigenvalue weighted by Gasteiger charge is 2.16. The van der Waals surface area contributed by atoms with Crippen LogP contribution in [-0.4, -0.2) is 15.0 Å². The molecule has 0 radical (unpaired) electrons. The molecule has 0 spiro atoms. The monoisotopic (exact) mass is 286 g/mol. The molecule has 21 heavy (non-hydrogen) atoms. The summed E-state index contributed by atoms with van der Waals surface area (Å²) in [6, 6.07) is 3.60. The Morgan fingerprint density at radius 2 is 1.95 bits per heavy atom. The van der Waals surface area contributed by atoms with Crippen LogP contribution in [0.2, 0.25) is 0 Å². The normalized spacial score (nSPS) is 11.2. The Morgan fingerprint density at radius 3 is 2.71 bits per heavy atom. The van der Waals surface area contributed by atoms with E-state index < -0.39 is 6.43 Å². The smallest absolute Gasteiger partial charge is 0.265 e. The van der Waals surface area contributed by atoms with Gasteiger partial charge in [-0.2, -0.15) is 0 Å². The number of halogens is 2. The number of fused-ring (bicyclic) bond motifs is 1. The van der Waals surface area contributed by atoms with Crippen molar-refractivity contribution < 1.29 is 8.78 Å². The molecule has 3 aromatic rings. The standard InChI is InChI=1S/C15H12F2N4/c1-8-10(5-20-6-11(8)14(16)17)13-4-9-2-3-19-7-12(9)15(18)21-13/h2-7,14H,1H3,(H2,18,21). The van der Waals surface area contributed by atoms with Gasteiger partial charge in [-0.1, -0.05) is 0 Å². The minimum atomic E-state index is -2.57.